The van der Waals surface area contributed by atoms with E-state index in [1.165, 1.54) is 37.3 Å². The molecule has 0 N–H and O–H groups in total. The number of rotatable bonds is 5. The van der Waals surface area contributed by atoms with Crippen LogP contribution in [0.2, 0.25) is 0 Å². The van der Waals surface area contributed by atoms with Gasteiger partial charge in [-0.2, -0.15) is 13.2 Å². The number of halogens is 3. The van der Waals surface area contributed by atoms with E-state index in [0.29, 0.717) is 0 Å². The second-order valence-electron chi connectivity index (χ2n) is 9.93. The quantitative estimate of drug-likeness (QED) is 0.0881. The third kappa shape index (κ3) is 4.95. The van der Waals surface area contributed by atoms with Crippen LogP contribution in [0.5, 0.6) is 17.2 Å². The summed E-state index contributed by atoms with van der Waals surface area (Å²) in [7, 11) is -4.18. The van der Waals surface area contributed by atoms with Crippen molar-refractivity contribution in [2.24, 2.45) is 0 Å². The minimum atomic E-state index is -5.23. The van der Waals surface area contributed by atoms with Gasteiger partial charge < -0.3 is 13.9 Å². The molecule has 1 aliphatic rings. The van der Waals surface area contributed by atoms with Crippen molar-refractivity contribution in [3.63, 3.8) is 0 Å². The van der Waals surface area contributed by atoms with Crippen molar-refractivity contribution in [3.8, 4) is 17.2 Å². The van der Waals surface area contributed by atoms with Crippen molar-refractivity contribution in [3.05, 3.63) is 127 Å². The Balaban J connectivity index is 1.37. The first-order valence-electron chi connectivity index (χ1n) is 13.0. The van der Waals surface area contributed by atoms with Crippen LogP contribution in [-0.4, -0.2) is 25.1 Å². The predicted octanol–water partition coefficient (Wildman–Crippen LogP) is 6.42. The number of ether oxygens (including phenoxy) is 2. The van der Waals surface area contributed by atoms with E-state index in [-0.39, 0.29) is 49.7 Å². The maximum absolute atomic E-state index is 14.1. The van der Waals surface area contributed by atoms with Crippen LogP contribution in [0, 0.1) is 17.0 Å². The highest BCUT2D eigenvalue weighted by molar-refractivity contribution is 7.91. The van der Waals surface area contributed by atoms with Crippen molar-refractivity contribution in [1.29, 1.82) is 0 Å². The molecule has 0 saturated heterocycles. The van der Waals surface area contributed by atoms with Gasteiger partial charge in [-0.05, 0) is 61.5 Å². The Labute approximate surface area is 255 Å². The van der Waals surface area contributed by atoms with E-state index < -0.39 is 60.1 Å². The van der Waals surface area contributed by atoms with Gasteiger partial charge in [0.05, 0.1) is 25.7 Å². The normalized spacial score (nSPS) is 13.5. The average molecular weight is 652 g/mol. The van der Waals surface area contributed by atoms with Gasteiger partial charge in [0.1, 0.15) is 17.1 Å². The lowest BCUT2D eigenvalue weighted by molar-refractivity contribution is -0.384. The van der Waals surface area contributed by atoms with Gasteiger partial charge in [0.2, 0.25) is 21.0 Å². The van der Waals surface area contributed by atoms with Crippen LogP contribution in [-0.2, 0) is 16.0 Å². The van der Waals surface area contributed by atoms with Crippen LogP contribution < -0.4 is 14.9 Å². The number of esters is 1. The maximum atomic E-state index is 14.1. The number of aryl methyl sites for hydroxylation is 1. The third-order valence-electron chi connectivity index (χ3n) is 7.12. The van der Waals surface area contributed by atoms with Crippen molar-refractivity contribution in [2.75, 3.05) is 0 Å². The van der Waals surface area contributed by atoms with E-state index in [1.807, 2.05) is 0 Å². The topological polar surface area (TPSA) is 160 Å². The molecular formula is C31H16F3NO10S. The summed E-state index contributed by atoms with van der Waals surface area (Å²) >= 11 is 0. The lowest BCUT2D eigenvalue weighted by Gasteiger charge is -2.19. The van der Waals surface area contributed by atoms with E-state index in [2.05, 4.69) is 0 Å². The lowest BCUT2D eigenvalue weighted by atomic mass is 10.0. The van der Waals surface area contributed by atoms with Crippen LogP contribution in [0.1, 0.15) is 37.6 Å². The monoisotopic (exact) mass is 651 g/mol. The number of sulfone groups is 1. The van der Waals surface area contributed by atoms with Crippen LogP contribution in [0.25, 0.3) is 11.0 Å². The molecule has 0 unspecified atom stereocenters. The van der Waals surface area contributed by atoms with Crippen LogP contribution in [0.3, 0.4) is 0 Å². The van der Waals surface area contributed by atoms with E-state index in [9.17, 15) is 46.1 Å². The first kappa shape index (κ1) is 30.2. The first-order chi connectivity index (χ1) is 21.7. The number of non-ortho nitro benzene ring substituents is 1. The highest BCUT2D eigenvalue weighted by Gasteiger charge is 2.41. The van der Waals surface area contributed by atoms with Gasteiger partial charge in [-0.3, -0.25) is 19.7 Å². The smallest absolute Gasteiger partial charge is 0.449 e. The molecular weight excluding hydrogens is 635 g/mol. The number of carbonyl (C=O) groups is 2. The molecule has 4 aromatic carbocycles. The zero-order chi connectivity index (χ0) is 33.1. The number of hydrogen-bond acceptors (Lipinski definition) is 10. The van der Waals surface area contributed by atoms with Gasteiger partial charge in [-0.25, -0.2) is 13.2 Å². The zero-order valence-corrected chi connectivity index (χ0v) is 23.9. The fourth-order valence-corrected chi connectivity index (χ4v) is 6.55. The summed E-state index contributed by atoms with van der Waals surface area (Å²) in [6, 6.07) is 15.1. The summed E-state index contributed by atoms with van der Waals surface area (Å²) in [5.74, 6) is -5.30. The average Bonchev–Trinajstić information content (AvgIpc) is 3.02. The van der Waals surface area contributed by atoms with Crippen LogP contribution >= 0.6 is 0 Å². The SMILES string of the molecule is Cc1c(OC(=O)c2ccc3c(c2)S(=O)(=O)c2ccccc2C3=O)ccc2c(=O)c(Oc3ccc([N+](=O)[O-])cc3)c(C(F)(F)F)oc12. The minimum Gasteiger partial charge on any atom is -0.449 e. The molecule has 1 aliphatic heterocycles. The van der Waals surface area contributed by atoms with Gasteiger partial charge in [-0.15, -0.1) is 0 Å². The second kappa shape index (κ2) is 10.7. The number of nitro benzene ring substituents is 1. The molecule has 1 aromatic heterocycles. The van der Waals surface area contributed by atoms with Crippen LogP contribution in [0.4, 0.5) is 18.9 Å². The van der Waals surface area contributed by atoms with E-state index >= 15 is 0 Å². The van der Waals surface area contributed by atoms with E-state index in [1.54, 1.807) is 0 Å². The number of carbonyl (C=O) groups excluding carboxylic acids is 2. The molecule has 2 heterocycles. The molecule has 0 aliphatic carbocycles. The summed E-state index contributed by atoms with van der Waals surface area (Å²) in [5, 5.41) is 10.5. The molecule has 46 heavy (non-hydrogen) atoms. The largest absolute Gasteiger partial charge is 0.453 e. The fourth-order valence-electron chi connectivity index (χ4n) is 4.87. The van der Waals surface area contributed by atoms with E-state index in [4.69, 9.17) is 13.9 Å². The Kier molecular flexibility index (Phi) is 7.00. The molecule has 232 valence electrons. The summed E-state index contributed by atoms with van der Waals surface area (Å²) in [5.41, 5.74) is -2.78. The zero-order valence-electron chi connectivity index (χ0n) is 23.1. The summed E-state index contributed by atoms with van der Waals surface area (Å²) < 4.78 is 84.3. The highest BCUT2D eigenvalue weighted by atomic mass is 32.2. The van der Waals surface area contributed by atoms with Crippen molar-refractivity contribution in [2.45, 2.75) is 22.9 Å². The molecule has 0 radical (unpaired) electrons. The van der Waals surface area contributed by atoms with E-state index in [0.717, 1.165) is 48.5 Å². The van der Waals surface area contributed by atoms with Crippen molar-refractivity contribution < 1.29 is 50.0 Å². The predicted molar refractivity (Wildman–Crippen MR) is 152 cm³/mol. The maximum Gasteiger partial charge on any atom is 0.453 e. The Hall–Kier alpha value is -5.83. The standard InChI is InChI=1S/C31H16F3NO10S/c1-15-22(44-30(38)16-6-11-20-24(14-16)46(41,42)23-5-3-2-4-19(23)25(20)36)13-12-21-26(37)28(29(31(32,33)34)45-27(15)21)43-18-9-7-17(8-10-18)35(39)40/h2-14H,1H3. The molecule has 6 rings (SSSR count). The summed E-state index contributed by atoms with van der Waals surface area (Å²) in [6.45, 7) is 1.23. The highest BCUT2D eigenvalue weighted by Crippen LogP contribution is 2.40. The minimum absolute atomic E-state index is 0.0156. The number of benzene rings is 4. The number of fused-ring (bicyclic) bond motifs is 3. The van der Waals surface area contributed by atoms with Crippen molar-refractivity contribution >= 4 is 38.2 Å². The summed E-state index contributed by atoms with van der Waals surface area (Å²) in [6.07, 6.45) is -5.23. The Morgan fingerprint density at radius 1 is 0.913 bits per heavy atom. The van der Waals surface area contributed by atoms with Gasteiger partial charge in [0.15, 0.2) is 5.78 Å². The summed E-state index contributed by atoms with van der Waals surface area (Å²) in [4.78, 5) is 48.7. The Bertz CT molecular complexity index is 2310. The molecule has 0 atom stereocenters. The molecule has 5 aromatic rings. The van der Waals surface area contributed by atoms with Crippen molar-refractivity contribution in [1.82, 2.24) is 0 Å². The first-order valence-corrected chi connectivity index (χ1v) is 14.5. The van der Waals surface area contributed by atoms with Gasteiger partial charge in [0, 0.05) is 28.8 Å². The molecule has 0 spiro atoms. The molecule has 0 bridgehead atoms. The fraction of sp³-hybridized carbons (Fsp3) is 0.0645. The third-order valence-corrected chi connectivity index (χ3v) is 8.97. The second-order valence-corrected chi connectivity index (χ2v) is 11.8. The molecule has 0 fully saturated rings. The number of ketones is 1. The number of nitro groups is 1. The number of hydrogen-bond donors (Lipinski definition) is 0. The molecule has 0 saturated carbocycles. The van der Waals surface area contributed by atoms with Gasteiger partial charge in [0.25, 0.3) is 11.4 Å². The Morgan fingerprint density at radius 3 is 2.26 bits per heavy atom. The molecule has 15 heteroatoms. The lowest BCUT2D eigenvalue weighted by Crippen LogP contribution is -2.21. The number of alkyl halides is 3. The number of nitrogens with zero attached hydrogens (tertiary/aromatic N) is 1. The molecule has 0 amide bonds. The van der Waals surface area contributed by atoms with Gasteiger partial charge >= 0.3 is 12.1 Å². The molecule has 11 nitrogen and oxygen atoms in total. The Morgan fingerprint density at radius 2 is 1.59 bits per heavy atom. The van der Waals surface area contributed by atoms with Gasteiger partial charge in [-0.1, -0.05) is 12.1 Å². The van der Waals surface area contributed by atoms with Crippen LogP contribution in [0.15, 0.2) is 97.9 Å².